The fourth-order valence-corrected chi connectivity index (χ4v) is 0.828. The van der Waals surface area contributed by atoms with Crippen molar-refractivity contribution in [3.05, 3.63) is 23.9 Å². The Morgan fingerprint density at radius 1 is 1.69 bits per heavy atom. The molecule has 0 bridgehead atoms. The Kier molecular flexibility index (Phi) is 3.25. The van der Waals surface area contributed by atoms with Crippen molar-refractivity contribution in [2.24, 2.45) is 0 Å². The summed E-state index contributed by atoms with van der Waals surface area (Å²) in [5, 5.41) is 8.65. The molecule has 1 aromatic heterocycles. The predicted molar refractivity (Wildman–Crippen MR) is 47.0 cm³/mol. The van der Waals surface area contributed by atoms with Crippen LogP contribution in [-0.4, -0.2) is 22.7 Å². The van der Waals surface area contributed by atoms with Gasteiger partial charge in [0.05, 0.1) is 12.2 Å². The normalized spacial score (nSPS) is 9.62. The summed E-state index contributed by atoms with van der Waals surface area (Å²) >= 11 is 0. The van der Waals surface area contributed by atoms with Crippen LogP contribution in [0.1, 0.15) is 23.7 Å². The summed E-state index contributed by atoms with van der Waals surface area (Å²) < 4.78 is 5.17. The van der Waals surface area contributed by atoms with E-state index in [4.69, 9.17) is 9.84 Å². The molecule has 0 fully saturated rings. The second-order valence-electron chi connectivity index (χ2n) is 2.54. The van der Waals surface area contributed by atoms with Crippen LogP contribution in [-0.2, 0) is 0 Å². The SMILES string of the molecule is CCCOc1cc(C(=O)O)ccn1. The number of hydrogen-bond donors (Lipinski definition) is 1. The minimum atomic E-state index is -0.969. The number of nitrogens with zero attached hydrogens (tertiary/aromatic N) is 1. The number of carboxylic acid groups (broad SMARTS) is 1. The Balaban J connectivity index is 2.73. The number of ether oxygens (including phenoxy) is 1. The molecule has 0 saturated carbocycles. The molecule has 0 aromatic carbocycles. The quantitative estimate of drug-likeness (QED) is 0.765. The third-order valence-electron chi connectivity index (χ3n) is 1.44. The van der Waals surface area contributed by atoms with E-state index < -0.39 is 5.97 Å². The zero-order valence-corrected chi connectivity index (χ0v) is 7.36. The summed E-state index contributed by atoms with van der Waals surface area (Å²) in [4.78, 5) is 14.4. The molecule has 0 atom stereocenters. The van der Waals surface area contributed by atoms with Crippen molar-refractivity contribution in [1.29, 1.82) is 0 Å². The first kappa shape index (κ1) is 9.51. The summed E-state index contributed by atoms with van der Waals surface area (Å²) in [7, 11) is 0. The van der Waals surface area contributed by atoms with Gasteiger partial charge in [0.25, 0.3) is 0 Å². The van der Waals surface area contributed by atoms with Crippen LogP contribution in [0.4, 0.5) is 0 Å². The summed E-state index contributed by atoms with van der Waals surface area (Å²) in [5.74, 6) is -0.606. The first-order valence-electron chi connectivity index (χ1n) is 4.06. The molecular weight excluding hydrogens is 170 g/mol. The molecule has 0 unspecified atom stereocenters. The van der Waals surface area contributed by atoms with Crippen molar-refractivity contribution in [2.75, 3.05) is 6.61 Å². The molecule has 1 heterocycles. The van der Waals surface area contributed by atoms with E-state index in [9.17, 15) is 4.79 Å². The highest BCUT2D eigenvalue weighted by molar-refractivity contribution is 5.87. The van der Waals surface area contributed by atoms with Crippen molar-refractivity contribution in [3.8, 4) is 5.88 Å². The van der Waals surface area contributed by atoms with Gasteiger partial charge in [-0.05, 0) is 12.5 Å². The summed E-state index contributed by atoms with van der Waals surface area (Å²) in [6, 6.07) is 2.85. The fourth-order valence-electron chi connectivity index (χ4n) is 0.828. The van der Waals surface area contributed by atoms with Crippen LogP contribution in [0.25, 0.3) is 0 Å². The van der Waals surface area contributed by atoms with Gasteiger partial charge in [-0.2, -0.15) is 0 Å². The van der Waals surface area contributed by atoms with Crippen LogP contribution in [0.5, 0.6) is 5.88 Å². The minimum Gasteiger partial charge on any atom is -0.478 e. The van der Waals surface area contributed by atoms with Crippen LogP contribution in [0.15, 0.2) is 18.3 Å². The third-order valence-corrected chi connectivity index (χ3v) is 1.44. The lowest BCUT2D eigenvalue weighted by Crippen LogP contribution is -2.01. The van der Waals surface area contributed by atoms with E-state index in [2.05, 4.69) is 4.98 Å². The van der Waals surface area contributed by atoms with Crippen LogP contribution < -0.4 is 4.74 Å². The summed E-state index contributed by atoms with van der Waals surface area (Å²) in [5.41, 5.74) is 0.195. The van der Waals surface area contributed by atoms with Crippen LogP contribution >= 0.6 is 0 Å². The van der Waals surface area contributed by atoms with Gasteiger partial charge >= 0.3 is 5.97 Å². The number of carbonyl (C=O) groups is 1. The molecule has 0 amide bonds. The zero-order chi connectivity index (χ0) is 9.68. The Bertz CT molecular complexity index is 299. The molecule has 4 nitrogen and oxygen atoms in total. The Morgan fingerprint density at radius 2 is 2.46 bits per heavy atom. The number of hydrogen-bond acceptors (Lipinski definition) is 3. The number of aromatic nitrogens is 1. The van der Waals surface area contributed by atoms with E-state index in [0.717, 1.165) is 6.42 Å². The van der Waals surface area contributed by atoms with Gasteiger partial charge in [-0.1, -0.05) is 6.92 Å². The minimum absolute atomic E-state index is 0.195. The van der Waals surface area contributed by atoms with Crippen LogP contribution in [0.3, 0.4) is 0 Å². The first-order chi connectivity index (χ1) is 6.24. The van der Waals surface area contributed by atoms with Crippen molar-refractivity contribution in [2.45, 2.75) is 13.3 Å². The predicted octanol–water partition coefficient (Wildman–Crippen LogP) is 1.57. The molecule has 13 heavy (non-hydrogen) atoms. The number of rotatable bonds is 4. The Labute approximate surface area is 76.2 Å². The van der Waals surface area contributed by atoms with E-state index in [1.54, 1.807) is 0 Å². The maximum Gasteiger partial charge on any atom is 0.335 e. The Hall–Kier alpha value is -1.58. The van der Waals surface area contributed by atoms with Gasteiger partial charge in [0, 0.05) is 12.3 Å². The van der Waals surface area contributed by atoms with E-state index in [1.807, 2.05) is 6.92 Å². The maximum absolute atomic E-state index is 10.5. The van der Waals surface area contributed by atoms with Crippen molar-refractivity contribution in [1.82, 2.24) is 4.98 Å². The third kappa shape index (κ3) is 2.74. The lowest BCUT2D eigenvalue weighted by molar-refractivity contribution is 0.0696. The van der Waals surface area contributed by atoms with E-state index in [1.165, 1.54) is 18.3 Å². The van der Waals surface area contributed by atoms with E-state index >= 15 is 0 Å². The van der Waals surface area contributed by atoms with Crippen molar-refractivity contribution >= 4 is 5.97 Å². The second-order valence-corrected chi connectivity index (χ2v) is 2.54. The van der Waals surface area contributed by atoms with Gasteiger partial charge in [0.2, 0.25) is 5.88 Å². The summed E-state index contributed by atoms with van der Waals surface area (Å²) in [6.07, 6.45) is 2.30. The van der Waals surface area contributed by atoms with Crippen LogP contribution in [0, 0.1) is 0 Å². The average Bonchev–Trinajstić information content (AvgIpc) is 2.15. The number of pyridine rings is 1. The van der Waals surface area contributed by atoms with Crippen molar-refractivity contribution < 1.29 is 14.6 Å². The monoisotopic (exact) mass is 181 g/mol. The molecule has 0 radical (unpaired) electrons. The lowest BCUT2D eigenvalue weighted by atomic mass is 10.3. The van der Waals surface area contributed by atoms with E-state index in [0.29, 0.717) is 12.5 Å². The fraction of sp³-hybridized carbons (Fsp3) is 0.333. The summed E-state index contributed by atoms with van der Waals surface area (Å²) in [6.45, 7) is 2.52. The molecule has 70 valence electrons. The average molecular weight is 181 g/mol. The molecule has 0 aliphatic heterocycles. The topological polar surface area (TPSA) is 59.4 Å². The first-order valence-corrected chi connectivity index (χ1v) is 4.06. The Morgan fingerprint density at radius 3 is 3.08 bits per heavy atom. The van der Waals surface area contributed by atoms with Crippen molar-refractivity contribution in [3.63, 3.8) is 0 Å². The number of carboxylic acids is 1. The van der Waals surface area contributed by atoms with Crippen LogP contribution in [0.2, 0.25) is 0 Å². The second kappa shape index (κ2) is 4.45. The molecule has 0 spiro atoms. The van der Waals surface area contributed by atoms with Gasteiger partial charge in [-0.3, -0.25) is 0 Å². The maximum atomic E-state index is 10.5. The largest absolute Gasteiger partial charge is 0.478 e. The molecule has 1 N–H and O–H groups in total. The van der Waals surface area contributed by atoms with Gasteiger partial charge in [-0.15, -0.1) is 0 Å². The zero-order valence-electron chi connectivity index (χ0n) is 7.36. The molecule has 1 rings (SSSR count). The highest BCUT2D eigenvalue weighted by atomic mass is 16.5. The molecule has 0 aliphatic rings. The van der Waals surface area contributed by atoms with E-state index in [-0.39, 0.29) is 5.56 Å². The smallest absolute Gasteiger partial charge is 0.335 e. The highest BCUT2D eigenvalue weighted by Gasteiger charge is 2.03. The molecule has 4 heteroatoms. The number of aromatic carboxylic acids is 1. The van der Waals surface area contributed by atoms with Gasteiger partial charge < -0.3 is 9.84 Å². The van der Waals surface area contributed by atoms with Gasteiger partial charge in [0.15, 0.2) is 0 Å². The highest BCUT2D eigenvalue weighted by Crippen LogP contribution is 2.09. The molecule has 0 saturated heterocycles. The standard InChI is InChI=1S/C9H11NO3/c1-2-5-13-8-6-7(9(11)12)3-4-10-8/h3-4,6H,2,5H2,1H3,(H,11,12). The van der Waals surface area contributed by atoms with Gasteiger partial charge in [0.1, 0.15) is 0 Å². The van der Waals surface area contributed by atoms with Gasteiger partial charge in [-0.25, -0.2) is 9.78 Å². The molecular formula is C9H11NO3. The molecule has 0 aliphatic carbocycles. The lowest BCUT2D eigenvalue weighted by Gasteiger charge is -2.02. The molecule has 1 aromatic rings.